The number of hydrogen-bond acceptors (Lipinski definition) is 3. The minimum absolute atomic E-state index is 0.0132. The van der Waals surface area contributed by atoms with Crippen molar-refractivity contribution < 1.29 is 5.11 Å². The second-order valence-electron chi connectivity index (χ2n) is 6.29. The highest BCUT2D eigenvalue weighted by atomic mass is 127. The van der Waals surface area contributed by atoms with Crippen LogP contribution in [0.2, 0.25) is 10.0 Å². The van der Waals surface area contributed by atoms with Gasteiger partial charge in [0.25, 0.3) is 0 Å². The van der Waals surface area contributed by atoms with E-state index in [-0.39, 0.29) is 26.6 Å². The topological polar surface area (TPSA) is 41.1 Å². The monoisotopic (exact) mass is 479 g/mol. The summed E-state index contributed by atoms with van der Waals surface area (Å²) in [4.78, 5) is 6.58. The highest BCUT2D eigenvalue weighted by Gasteiger charge is 2.36. The highest BCUT2D eigenvalue weighted by molar-refractivity contribution is 14.2. The molecule has 1 aliphatic heterocycles. The molecular formula is C17H20Cl2IN3O. The lowest BCUT2D eigenvalue weighted by atomic mass is 9.83. The van der Waals surface area contributed by atoms with Crippen LogP contribution < -0.4 is 0 Å². The van der Waals surface area contributed by atoms with Crippen LogP contribution in [-0.2, 0) is 12.1 Å². The number of aliphatic hydroxyl groups is 1. The maximum Gasteiger partial charge on any atom is 0.111 e. The Labute approximate surface area is 162 Å². The first kappa shape index (κ1) is 18.3. The van der Waals surface area contributed by atoms with E-state index in [9.17, 15) is 5.11 Å². The standard InChI is InChI=1S/C17H20Cl2IN3O/c1-12(2)17(24,14-4-3-13(18)7-15(14)19)9-23-11-21-8-16(23)20-10-22-5-6-22/h3-4,7-8,10-12,24H,5-6,9H2,1-2H3. The van der Waals surface area contributed by atoms with Gasteiger partial charge in [0.1, 0.15) is 5.60 Å². The van der Waals surface area contributed by atoms with Gasteiger partial charge in [-0.3, -0.25) is 4.90 Å². The first-order valence-electron chi connectivity index (χ1n) is 7.79. The molecule has 1 aliphatic rings. The molecule has 0 bridgehead atoms. The zero-order chi connectivity index (χ0) is 17.3. The zero-order valence-corrected chi connectivity index (χ0v) is 17.3. The molecule has 4 nitrogen and oxygen atoms in total. The minimum Gasteiger partial charge on any atom is -0.383 e. The van der Waals surface area contributed by atoms with Gasteiger partial charge in [-0.25, -0.2) is 4.98 Å². The van der Waals surface area contributed by atoms with Gasteiger partial charge < -0.3 is 9.67 Å². The maximum atomic E-state index is 11.4. The van der Waals surface area contributed by atoms with Gasteiger partial charge in [0.2, 0.25) is 0 Å². The molecule has 0 amide bonds. The fourth-order valence-corrected chi connectivity index (χ4v) is 5.25. The Morgan fingerprint density at radius 1 is 1.38 bits per heavy atom. The predicted octanol–water partition coefficient (Wildman–Crippen LogP) is 3.95. The Morgan fingerprint density at radius 2 is 2.12 bits per heavy atom. The molecule has 2 aromatic rings. The van der Waals surface area contributed by atoms with Crippen LogP contribution in [0.15, 0.2) is 30.7 Å². The number of rotatable bonds is 6. The van der Waals surface area contributed by atoms with Crippen LogP contribution in [0.1, 0.15) is 19.4 Å². The van der Waals surface area contributed by atoms with Crippen molar-refractivity contribution in [2.75, 3.05) is 13.1 Å². The van der Waals surface area contributed by atoms with Gasteiger partial charge in [0, 0.05) is 32.8 Å². The van der Waals surface area contributed by atoms with Crippen molar-refractivity contribution in [2.45, 2.75) is 26.0 Å². The Kier molecular flexibility index (Phi) is 5.66. The van der Waals surface area contributed by atoms with Crippen molar-refractivity contribution in [1.82, 2.24) is 14.5 Å². The van der Waals surface area contributed by atoms with Crippen molar-refractivity contribution in [3.05, 3.63) is 50.0 Å². The average molecular weight is 480 g/mol. The quantitative estimate of drug-likeness (QED) is 0.503. The smallest absolute Gasteiger partial charge is 0.111 e. The summed E-state index contributed by atoms with van der Waals surface area (Å²) in [6, 6.07) is 5.27. The number of nitrogens with zero attached hydrogens (tertiary/aromatic N) is 3. The maximum absolute atomic E-state index is 11.4. The van der Waals surface area contributed by atoms with Crippen molar-refractivity contribution in [3.63, 3.8) is 0 Å². The van der Waals surface area contributed by atoms with E-state index in [0.29, 0.717) is 22.2 Å². The molecule has 0 aliphatic carbocycles. The molecular weight excluding hydrogens is 460 g/mol. The van der Waals surface area contributed by atoms with E-state index in [0.717, 1.165) is 13.1 Å². The summed E-state index contributed by atoms with van der Waals surface area (Å²) < 4.78 is 5.53. The van der Waals surface area contributed by atoms with Gasteiger partial charge in [-0.2, -0.15) is 0 Å². The predicted molar refractivity (Wildman–Crippen MR) is 108 cm³/mol. The minimum atomic E-state index is -1.08. The summed E-state index contributed by atoms with van der Waals surface area (Å²) >= 11 is 12.1. The molecule has 1 unspecified atom stereocenters. The molecule has 1 aromatic heterocycles. The summed E-state index contributed by atoms with van der Waals surface area (Å²) in [5, 5.41) is 12.5. The van der Waals surface area contributed by atoms with E-state index >= 15 is 0 Å². The van der Waals surface area contributed by atoms with Crippen LogP contribution in [0.25, 0.3) is 0 Å². The normalized spacial score (nSPS) is 17.9. The molecule has 3 rings (SSSR count). The summed E-state index contributed by atoms with van der Waals surface area (Å²) in [6.07, 6.45) is 3.69. The molecule has 1 N–H and O–H groups in total. The fourth-order valence-electron chi connectivity index (χ4n) is 2.47. The Bertz CT molecular complexity index is 758. The van der Waals surface area contributed by atoms with Gasteiger partial charge in [-0.1, -0.05) is 63.8 Å². The number of halogens is 3. The van der Waals surface area contributed by atoms with Crippen molar-refractivity contribution >= 4 is 48.1 Å². The SMILES string of the molecule is CC(C)C(O)(Cn1cncc1I=CN1CC1)c1ccc(Cl)cc1Cl. The molecule has 7 heteroatoms. The molecule has 1 atom stereocenters. The Balaban J connectivity index is 1.93. The molecule has 0 saturated carbocycles. The first-order valence-corrected chi connectivity index (χ1v) is 10.9. The van der Waals surface area contributed by atoms with Crippen LogP contribution >= 0.6 is 43.9 Å². The summed E-state index contributed by atoms with van der Waals surface area (Å²) in [6.45, 7) is 6.74. The second kappa shape index (κ2) is 7.41. The summed E-state index contributed by atoms with van der Waals surface area (Å²) in [5.74, 6) is -0.0132. The van der Waals surface area contributed by atoms with E-state index < -0.39 is 5.60 Å². The van der Waals surface area contributed by atoms with Gasteiger partial charge in [0.05, 0.1) is 22.8 Å². The van der Waals surface area contributed by atoms with Gasteiger partial charge in [-0.05, 0) is 18.1 Å². The van der Waals surface area contributed by atoms with Crippen LogP contribution in [0.4, 0.5) is 0 Å². The summed E-state index contributed by atoms with van der Waals surface area (Å²) in [5.41, 5.74) is -0.378. The largest absolute Gasteiger partial charge is 0.383 e. The molecule has 0 radical (unpaired) electrons. The number of imidazole rings is 1. The number of aromatic nitrogens is 2. The average Bonchev–Trinajstić information content (AvgIpc) is 3.25. The van der Waals surface area contributed by atoms with Crippen molar-refractivity contribution in [2.24, 2.45) is 5.92 Å². The highest BCUT2D eigenvalue weighted by Crippen LogP contribution is 2.37. The van der Waals surface area contributed by atoms with Crippen LogP contribution in [0.5, 0.6) is 0 Å². The number of hydrogen-bond donors (Lipinski definition) is 1. The summed E-state index contributed by atoms with van der Waals surface area (Å²) in [7, 11) is 0. The van der Waals surface area contributed by atoms with E-state index in [4.69, 9.17) is 23.2 Å². The molecule has 2 heterocycles. The van der Waals surface area contributed by atoms with Gasteiger partial charge >= 0.3 is 0 Å². The molecule has 0 spiro atoms. The van der Waals surface area contributed by atoms with E-state index in [1.54, 1.807) is 18.5 Å². The Hall–Kier alpha value is -0.470. The van der Waals surface area contributed by atoms with Gasteiger partial charge in [0.15, 0.2) is 0 Å². The lowest BCUT2D eigenvalue weighted by molar-refractivity contribution is -0.0270. The van der Waals surface area contributed by atoms with E-state index in [1.165, 1.54) is 3.70 Å². The molecule has 24 heavy (non-hydrogen) atoms. The van der Waals surface area contributed by atoms with Crippen LogP contribution in [0.3, 0.4) is 0 Å². The third kappa shape index (κ3) is 4.02. The van der Waals surface area contributed by atoms with Crippen molar-refractivity contribution in [1.29, 1.82) is 0 Å². The molecule has 1 fully saturated rings. The molecule has 1 aromatic carbocycles. The zero-order valence-electron chi connectivity index (χ0n) is 13.6. The third-order valence-corrected chi connectivity index (χ3v) is 7.36. The lowest BCUT2D eigenvalue weighted by Crippen LogP contribution is -2.37. The number of benzene rings is 1. The van der Waals surface area contributed by atoms with Crippen LogP contribution in [0, 0.1) is 9.62 Å². The van der Waals surface area contributed by atoms with E-state index in [1.807, 2.05) is 26.1 Å². The lowest BCUT2D eigenvalue weighted by Gasteiger charge is -2.34. The van der Waals surface area contributed by atoms with Crippen LogP contribution in [-0.4, -0.2) is 36.8 Å². The second-order valence-corrected chi connectivity index (χ2v) is 9.42. The third-order valence-electron chi connectivity index (χ3n) is 4.21. The van der Waals surface area contributed by atoms with Crippen molar-refractivity contribution in [3.8, 4) is 0 Å². The molecule has 130 valence electrons. The first-order chi connectivity index (χ1) is 11.4. The molecule has 1 saturated heterocycles. The van der Waals surface area contributed by atoms with Gasteiger partial charge in [-0.15, -0.1) is 0 Å². The van der Waals surface area contributed by atoms with E-state index in [2.05, 4.69) is 18.6 Å². The fraction of sp³-hybridized carbons (Fsp3) is 0.412. The Morgan fingerprint density at radius 3 is 2.75 bits per heavy atom.